The molecule has 116 valence electrons. The van der Waals surface area contributed by atoms with Crippen LogP contribution in [0.15, 0.2) is 53.4 Å². The maximum Gasteiger partial charge on any atom is 0.233 e. The smallest absolute Gasteiger partial charge is 0.233 e. The first kappa shape index (κ1) is 13.9. The second-order valence-electron chi connectivity index (χ2n) is 5.87. The Morgan fingerprint density at radius 2 is 2.09 bits per heavy atom. The summed E-state index contributed by atoms with van der Waals surface area (Å²) in [6.07, 6.45) is 6.75. The van der Waals surface area contributed by atoms with E-state index in [-0.39, 0.29) is 18.4 Å². The normalized spacial score (nSPS) is 14.6. The third-order valence-electron chi connectivity index (χ3n) is 4.40. The van der Waals surface area contributed by atoms with Crippen molar-refractivity contribution in [1.82, 2.24) is 10.1 Å². The molecule has 0 unspecified atom stereocenters. The number of para-hydroxylation sites is 1. The Labute approximate surface area is 133 Å². The van der Waals surface area contributed by atoms with Crippen molar-refractivity contribution in [2.75, 3.05) is 4.90 Å². The van der Waals surface area contributed by atoms with Gasteiger partial charge in [-0.05, 0) is 31.4 Å². The molecule has 0 bridgehead atoms. The van der Waals surface area contributed by atoms with Gasteiger partial charge >= 0.3 is 0 Å². The average molecular weight is 307 g/mol. The monoisotopic (exact) mass is 307 g/mol. The van der Waals surface area contributed by atoms with E-state index in [1.54, 1.807) is 12.3 Å². The van der Waals surface area contributed by atoms with Gasteiger partial charge in [0.25, 0.3) is 0 Å². The van der Waals surface area contributed by atoms with E-state index in [4.69, 9.17) is 4.52 Å². The number of carbonyl (C=O) groups excluding carboxylic acids is 1. The van der Waals surface area contributed by atoms with Crippen molar-refractivity contribution in [1.29, 1.82) is 0 Å². The van der Waals surface area contributed by atoms with Crippen molar-refractivity contribution < 1.29 is 9.32 Å². The summed E-state index contributed by atoms with van der Waals surface area (Å²) in [7, 11) is 0. The van der Waals surface area contributed by atoms with Crippen molar-refractivity contribution >= 4 is 22.5 Å². The maximum absolute atomic E-state index is 12.9. The Balaban J connectivity index is 1.74. The molecule has 5 heteroatoms. The molecule has 1 aliphatic rings. The summed E-state index contributed by atoms with van der Waals surface area (Å²) in [5.74, 6) is 0.0433. The van der Waals surface area contributed by atoms with Crippen molar-refractivity contribution in [3.63, 3.8) is 0 Å². The summed E-state index contributed by atoms with van der Waals surface area (Å²) >= 11 is 0. The van der Waals surface area contributed by atoms with Crippen LogP contribution in [0.4, 0.5) is 5.69 Å². The van der Waals surface area contributed by atoms with Crippen molar-refractivity contribution in [3.8, 4) is 0 Å². The van der Waals surface area contributed by atoms with Crippen molar-refractivity contribution in [2.45, 2.75) is 31.7 Å². The van der Waals surface area contributed by atoms with Gasteiger partial charge in [0.2, 0.25) is 5.91 Å². The van der Waals surface area contributed by atoms with E-state index in [0.717, 1.165) is 35.9 Å². The summed E-state index contributed by atoms with van der Waals surface area (Å²) in [6.45, 7) is 0. The number of pyridine rings is 1. The second kappa shape index (κ2) is 5.83. The van der Waals surface area contributed by atoms with E-state index in [9.17, 15) is 4.79 Å². The molecule has 2 heterocycles. The number of anilines is 1. The highest BCUT2D eigenvalue weighted by Crippen LogP contribution is 2.33. The topological polar surface area (TPSA) is 59.2 Å². The zero-order valence-electron chi connectivity index (χ0n) is 12.7. The number of amides is 1. The molecule has 0 N–H and O–H groups in total. The zero-order valence-corrected chi connectivity index (χ0v) is 12.7. The van der Waals surface area contributed by atoms with E-state index >= 15 is 0 Å². The molecule has 5 nitrogen and oxygen atoms in total. The van der Waals surface area contributed by atoms with Crippen molar-refractivity contribution in [2.24, 2.45) is 0 Å². The summed E-state index contributed by atoms with van der Waals surface area (Å²) < 4.78 is 4.84. The number of carbonyl (C=O) groups is 1. The Morgan fingerprint density at radius 1 is 1.22 bits per heavy atom. The van der Waals surface area contributed by atoms with Gasteiger partial charge in [-0.2, -0.15) is 0 Å². The van der Waals surface area contributed by atoms with Crippen LogP contribution >= 0.6 is 0 Å². The van der Waals surface area contributed by atoms with Crippen molar-refractivity contribution in [3.05, 3.63) is 54.6 Å². The largest absolute Gasteiger partial charge is 0.364 e. The van der Waals surface area contributed by atoms with Gasteiger partial charge in [0.05, 0.1) is 23.3 Å². The highest BCUT2D eigenvalue weighted by Gasteiger charge is 2.31. The van der Waals surface area contributed by atoms with Gasteiger partial charge in [-0.15, -0.1) is 0 Å². The predicted molar refractivity (Wildman–Crippen MR) is 87.1 cm³/mol. The average Bonchev–Trinajstić information content (AvgIpc) is 3.03. The molecule has 0 saturated heterocycles. The minimum absolute atomic E-state index is 0.0433. The third-order valence-corrected chi connectivity index (χ3v) is 4.40. The molecule has 1 fully saturated rings. The molecule has 3 aromatic rings. The molecule has 1 aromatic carbocycles. The summed E-state index contributed by atoms with van der Waals surface area (Å²) in [5.41, 5.74) is 2.42. The lowest BCUT2D eigenvalue weighted by Gasteiger charge is -2.37. The molecule has 0 radical (unpaired) electrons. The van der Waals surface area contributed by atoms with Gasteiger partial charge in [0.15, 0.2) is 0 Å². The minimum Gasteiger partial charge on any atom is -0.364 e. The fourth-order valence-corrected chi connectivity index (χ4v) is 3.03. The standard InChI is InChI=1S/C18H17N3O2/c22-17(12-14-9-11-23-20-14)21(15-6-2-7-15)16-8-1-4-13-5-3-10-19-18(13)16/h1,3-5,8-11,15H,2,6-7,12H2. The maximum atomic E-state index is 12.9. The number of nitrogens with zero attached hydrogens (tertiary/aromatic N) is 3. The Kier molecular flexibility index (Phi) is 3.54. The predicted octanol–water partition coefficient (Wildman–Crippen LogP) is 3.35. The molecule has 0 spiro atoms. The van der Waals surface area contributed by atoms with Crippen LogP contribution in [0.3, 0.4) is 0 Å². The summed E-state index contributed by atoms with van der Waals surface area (Å²) in [5, 5.41) is 4.90. The Morgan fingerprint density at radius 3 is 2.83 bits per heavy atom. The summed E-state index contributed by atoms with van der Waals surface area (Å²) in [6, 6.07) is 11.9. The quantitative estimate of drug-likeness (QED) is 0.741. The first-order chi connectivity index (χ1) is 11.3. The molecule has 2 aromatic heterocycles. The van der Waals surface area contributed by atoms with Crippen LogP contribution < -0.4 is 4.90 Å². The van der Waals surface area contributed by atoms with Crippen LogP contribution in [0.1, 0.15) is 25.0 Å². The Hall–Kier alpha value is -2.69. The number of fused-ring (bicyclic) bond motifs is 1. The first-order valence-corrected chi connectivity index (χ1v) is 7.88. The molecule has 1 saturated carbocycles. The van der Waals surface area contributed by atoms with E-state index < -0.39 is 0 Å². The van der Waals surface area contributed by atoms with Gasteiger partial charge in [-0.1, -0.05) is 23.4 Å². The number of benzene rings is 1. The number of hydrogen-bond acceptors (Lipinski definition) is 4. The molecule has 23 heavy (non-hydrogen) atoms. The van der Waals surface area contributed by atoms with Gasteiger partial charge in [-0.3, -0.25) is 9.78 Å². The summed E-state index contributed by atoms with van der Waals surface area (Å²) in [4.78, 5) is 19.3. The third kappa shape index (κ3) is 2.59. The SMILES string of the molecule is O=C(Cc1ccon1)N(c1cccc2cccnc12)C1CCC1. The minimum atomic E-state index is 0.0433. The second-order valence-corrected chi connectivity index (χ2v) is 5.87. The van der Waals surface area contributed by atoms with E-state index in [0.29, 0.717) is 5.69 Å². The van der Waals surface area contributed by atoms with Gasteiger partial charge in [-0.25, -0.2) is 0 Å². The first-order valence-electron chi connectivity index (χ1n) is 7.88. The van der Waals surface area contributed by atoms with Crippen LogP contribution in [0, 0.1) is 0 Å². The highest BCUT2D eigenvalue weighted by atomic mass is 16.5. The number of aromatic nitrogens is 2. The fourth-order valence-electron chi connectivity index (χ4n) is 3.03. The van der Waals surface area contributed by atoms with E-state index in [1.165, 1.54) is 6.26 Å². The molecule has 1 amide bonds. The molecular formula is C18H17N3O2. The lowest BCUT2D eigenvalue weighted by atomic mass is 9.90. The number of hydrogen-bond donors (Lipinski definition) is 0. The Bertz CT molecular complexity index is 820. The van der Waals surface area contributed by atoms with E-state index in [1.807, 2.05) is 35.2 Å². The molecular weight excluding hydrogens is 290 g/mol. The lowest BCUT2D eigenvalue weighted by molar-refractivity contribution is -0.118. The fraction of sp³-hybridized carbons (Fsp3) is 0.278. The molecule has 4 rings (SSSR count). The van der Waals surface area contributed by atoms with Gasteiger partial charge in [0.1, 0.15) is 6.26 Å². The number of rotatable bonds is 4. The zero-order chi connectivity index (χ0) is 15.6. The molecule has 0 atom stereocenters. The van der Waals surface area contributed by atoms with Crippen LogP contribution in [-0.4, -0.2) is 22.1 Å². The van der Waals surface area contributed by atoms with Gasteiger partial charge in [0, 0.05) is 23.7 Å². The van der Waals surface area contributed by atoms with E-state index in [2.05, 4.69) is 10.1 Å². The van der Waals surface area contributed by atoms with Crippen LogP contribution in [0.25, 0.3) is 10.9 Å². The van der Waals surface area contributed by atoms with Crippen LogP contribution in [0.2, 0.25) is 0 Å². The molecule has 0 aliphatic heterocycles. The lowest BCUT2D eigenvalue weighted by Crippen LogP contribution is -2.45. The van der Waals surface area contributed by atoms with Gasteiger partial charge < -0.3 is 9.42 Å². The van der Waals surface area contributed by atoms with Crippen LogP contribution in [-0.2, 0) is 11.2 Å². The van der Waals surface area contributed by atoms with Crippen LogP contribution in [0.5, 0.6) is 0 Å². The molecule has 1 aliphatic carbocycles. The highest BCUT2D eigenvalue weighted by molar-refractivity contribution is 6.03.